The number of alkyl halides is 3. The SMILES string of the molecule is CCc1cc(C(F)(F)F)c2c([C@@H]3CCCN(C(=O)C4CCCC4)C3)noc2n1. The molecule has 0 aromatic carbocycles. The van der Waals surface area contributed by atoms with Crippen molar-refractivity contribution in [2.75, 3.05) is 13.1 Å². The Morgan fingerprint density at radius 2 is 2.00 bits per heavy atom. The fourth-order valence-corrected chi connectivity index (χ4v) is 4.54. The summed E-state index contributed by atoms with van der Waals surface area (Å²) in [5, 5.41) is 3.93. The second-order valence-electron chi connectivity index (χ2n) is 7.87. The molecule has 2 aliphatic rings. The molecule has 0 spiro atoms. The van der Waals surface area contributed by atoms with E-state index in [1.54, 1.807) is 6.92 Å². The third kappa shape index (κ3) is 3.49. The number of nitrogens with zero attached hydrogens (tertiary/aromatic N) is 3. The number of aromatic nitrogens is 2. The van der Waals surface area contributed by atoms with Gasteiger partial charge in [-0.05, 0) is 38.2 Å². The molecule has 2 aromatic heterocycles. The van der Waals surface area contributed by atoms with Gasteiger partial charge in [-0.25, -0.2) is 4.98 Å². The normalized spacial score (nSPS) is 21.6. The molecule has 2 fully saturated rings. The van der Waals surface area contributed by atoms with Gasteiger partial charge < -0.3 is 9.42 Å². The van der Waals surface area contributed by atoms with Gasteiger partial charge in [-0.2, -0.15) is 13.2 Å². The van der Waals surface area contributed by atoms with Crippen LogP contribution >= 0.6 is 0 Å². The van der Waals surface area contributed by atoms with E-state index in [-0.39, 0.29) is 34.5 Å². The van der Waals surface area contributed by atoms with Gasteiger partial charge in [-0.3, -0.25) is 4.79 Å². The van der Waals surface area contributed by atoms with E-state index in [0.717, 1.165) is 38.2 Å². The predicted octanol–water partition coefficient (Wildman–Crippen LogP) is 4.70. The Hall–Kier alpha value is -2.12. The van der Waals surface area contributed by atoms with Crippen LogP contribution in [0.1, 0.15) is 68.3 Å². The first-order chi connectivity index (χ1) is 13.4. The van der Waals surface area contributed by atoms with E-state index in [9.17, 15) is 18.0 Å². The molecular weight excluding hydrogens is 371 g/mol. The van der Waals surface area contributed by atoms with Crippen LogP contribution < -0.4 is 0 Å². The maximum atomic E-state index is 13.7. The topological polar surface area (TPSA) is 59.2 Å². The van der Waals surface area contributed by atoms with Crippen LogP contribution in [-0.2, 0) is 17.4 Å². The number of carbonyl (C=O) groups is 1. The van der Waals surface area contributed by atoms with Crippen LogP contribution in [0, 0.1) is 5.92 Å². The van der Waals surface area contributed by atoms with E-state index < -0.39 is 11.7 Å². The Morgan fingerprint density at radius 1 is 1.25 bits per heavy atom. The molecule has 0 bridgehead atoms. The summed E-state index contributed by atoms with van der Waals surface area (Å²) in [6.07, 6.45) is 1.26. The van der Waals surface area contributed by atoms with Crippen LogP contribution in [-0.4, -0.2) is 34.0 Å². The van der Waals surface area contributed by atoms with Crippen molar-refractivity contribution >= 4 is 17.0 Å². The number of likely N-dealkylation sites (tertiary alicyclic amines) is 1. The van der Waals surface area contributed by atoms with Gasteiger partial charge in [0.25, 0.3) is 5.71 Å². The Labute approximate surface area is 161 Å². The van der Waals surface area contributed by atoms with Gasteiger partial charge in [-0.15, -0.1) is 0 Å². The van der Waals surface area contributed by atoms with Crippen molar-refractivity contribution in [2.24, 2.45) is 5.92 Å². The van der Waals surface area contributed by atoms with Crippen LogP contribution in [0.5, 0.6) is 0 Å². The number of amides is 1. The summed E-state index contributed by atoms with van der Waals surface area (Å²) in [5.74, 6) is -0.0690. The second kappa shape index (κ2) is 7.37. The molecule has 0 radical (unpaired) electrons. The van der Waals surface area contributed by atoms with Crippen molar-refractivity contribution in [2.45, 2.75) is 64.0 Å². The van der Waals surface area contributed by atoms with Crippen molar-refractivity contribution in [3.05, 3.63) is 23.0 Å². The number of piperidine rings is 1. The number of fused-ring (bicyclic) bond motifs is 1. The highest BCUT2D eigenvalue weighted by Crippen LogP contribution is 2.40. The fraction of sp³-hybridized carbons (Fsp3) is 0.650. The summed E-state index contributed by atoms with van der Waals surface area (Å²) in [7, 11) is 0. The smallest absolute Gasteiger partial charge is 0.342 e. The molecule has 1 atom stereocenters. The van der Waals surface area contributed by atoms with Crippen LogP contribution in [0.4, 0.5) is 13.2 Å². The maximum Gasteiger partial charge on any atom is 0.417 e. The van der Waals surface area contributed by atoms with Crippen LogP contribution in [0.2, 0.25) is 0 Å². The summed E-state index contributed by atoms with van der Waals surface area (Å²) < 4.78 is 46.3. The zero-order chi connectivity index (χ0) is 19.9. The number of hydrogen-bond acceptors (Lipinski definition) is 4. The average Bonchev–Trinajstić information content (AvgIpc) is 3.35. The van der Waals surface area contributed by atoms with Crippen LogP contribution in [0.15, 0.2) is 10.6 Å². The first-order valence-electron chi connectivity index (χ1n) is 10.0. The monoisotopic (exact) mass is 395 g/mol. The van der Waals surface area contributed by atoms with Gasteiger partial charge in [0.1, 0.15) is 0 Å². The minimum atomic E-state index is -4.51. The highest BCUT2D eigenvalue weighted by molar-refractivity contribution is 5.82. The lowest BCUT2D eigenvalue weighted by atomic mass is 9.91. The predicted molar refractivity (Wildman–Crippen MR) is 96.7 cm³/mol. The highest BCUT2D eigenvalue weighted by atomic mass is 19.4. The fourth-order valence-electron chi connectivity index (χ4n) is 4.54. The number of aryl methyl sites for hydroxylation is 1. The molecule has 1 aliphatic heterocycles. The first kappa shape index (κ1) is 19.2. The molecule has 3 heterocycles. The molecule has 1 saturated carbocycles. The van der Waals surface area contributed by atoms with Gasteiger partial charge in [0, 0.05) is 30.6 Å². The van der Waals surface area contributed by atoms with E-state index in [1.165, 1.54) is 0 Å². The lowest BCUT2D eigenvalue weighted by Gasteiger charge is -2.33. The Morgan fingerprint density at radius 3 is 2.68 bits per heavy atom. The summed E-state index contributed by atoms with van der Waals surface area (Å²) in [4.78, 5) is 18.8. The van der Waals surface area contributed by atoms with E-state index in [4.69, 9.17) is 4.52 Å². The summed E-state index contributed by atoms with van der Waals surface area (Å²) in [6, 6.07) is 1.09. The molecule has 1 amide bonds. The maximum absolute atomic E-state index is 13.7. The third-order valence-corrected chi connectivity index (χ3v) is 6.02. The van der Waals surface area contributed by atoms with E-state index >= 15 is 0 Å². The van der Waals surface area contributed by atoms with E-state index in [2.05, 4.69) is 10.1 Å². The zero-order valence-electron chi connectivity index (χ0n) is 15.9. The van der Waals surface area contributed by atoms with Gasteiger partial charge in [0.2, 0.25) is 5.91 Å². The Balaban J connectivity index is 1.67. The minimum Gasteiger partial charge on any atom is -0.342 e. The molecule has 0 N–H and O–H groups in total. The van der Waals surface area contributed by atoms with Gasteiger partial charge >= 0.3 is 6.18 Å². The summed E-state index contributed by atoms with van der Waals surface area (Å²) >= 11 is 0. The number of halogens is 3. The van der Waals surface area contributed by atoms with Gasteiger partial charge in [0.15, 0.2) is 0 Å². The van der Waals surface area contributed by atoms with Crippen LogP contribution in [0.25, 0.3) is 11.1 Å². The number of rotatable bonds is 3. The number of hydrogen-bond donors (Lipinski definition) is 0. The molecule has 2 aromatic rings. The summed E-state index contributed by atoms with van der Waals surface area (Å²) in [6.45, 7) is 2.80. The lowest BCUT2D eigenvalue weighted by molar-refractivity contribution is -0.137. The average molecular weight is 395 g/mol. The van der Waals surface area contributed by atoms with Crippen molar-refractivity contribution in [3.63, 3.8) is 0 Å². The molecule has 1 saturated heterocycles. The quantitative estimate of drug-likeness (QED) is 0.756. The van der Waals surface area contributed by atoms with E-state index in [1.807, 2.05) is 4.90 Å². The zero-order valence-corrected chi connectivity index (χ0v) is 15.9. The van der Waals surface area contributed by atoms with Gasteiger partial charge in [0.05, 0.1) is 16.6 Å². The van der Waals surface area contributed by atoms with Crippen molar-refractivity contribution in [1.29, 1.82) is 0 Å². The molecule has 28 heavy (non-hydrogen) atoms. The Bertz CT molecular complexity index is 871. The molecule has 5 nitrogen and oxygen atoms in total. The largest absolute Gasteiger partial charge is 0.417 e. The molecule has 4 rings (SSSR count). The van der Waals surface area contributed by atoms with Gasteiger partial charge in [-0.1, -0.05) is 24.9 Å². The van der Waals surface area contributed by atoms with Crippen molar-refractivity contribution in [1.82, 2.24) is 15.0 Å². The summed E-state index contributed by atoms with van der Waals surface area (Å²) in [5.41, 5.74) is -0.212. The second-order valence-corrected chi connectivity index (χ2v) is 7.87. The third-order valence-electron chi connectivity index (χ3n) is 6.02. The highest BCUT2D eigenvalue weighted by Gasteiger charge is 2.39. The van der Waals surface area contributed by atoms with Crippen LogP contribution in [0.3, 0.4) is 0 Å². The lowest BCUT2D eigenvalue weighted by Crippen LogP contribution is -2.42. The van der Waals surface area contributed by atoms with Crippen molar-refractivity contribution < 1.29 is 22.5 Å². The van der Waals surface area contributed by atoms with E-state index in [0.29, 0.717) is 31.6 Å². The molecule has 0 unspecified atom stereocenters. The molecular formula is C20H24F3N3O2. The molecule has 1 aliphatic carbocycles. The minimum absolute atomic E-state index is 0.0511. The number of pyridine rings is 1. The first-order valence-corrected chi connectivity index (χ1v) is 10.0. The number of carbonyl (C=O) groups excluding carboxylic acids is 1. The molecule has 8 heteroatoms. The molecule has 152 valence electrons. The Kier molecular flexibility index (Phi) is 5.05. The van der Waals surface area contributed by atoms with Crippen molar-refractivity contribution in [3.8, 4) is 0 Å². The standard InChI is InChI=1S/C20H24F3N3O2/c1-2-14-10-15(20(21,22)23)16-17(25-28-18(16)24-14)13-8-5-9-26(11-13)19(27)12-6-3-4-7-12/h10,12-13H,2-9,11H2,1H3/t13-/m1/s1.